The molecule has 1 saturated heterocycles. The molecule has 0 radical (unpaired) electrons. The van der Waals surface area contributed by atoms with Crippen LogP contribution in [0, 0.1) is 10.8 Å². The molecule has 1 aliphatic heterocycles. The lowest BCUT2D eigenvalue weighted by Crippen LogP contribution is -2.61. The summed E-state index contributed by atoms with van der Waals surface area (Å²) in [4.78, 5) is 10.8. The van der Waals surface area contributed by atoms with Crippen LogP contribution in [0.2, 0.25) is 0 Å². The first-order valence-electron chi connectivity index (χ1n) is 12.4. The average molecular weight is 451 g/mol. The highest BCUT2D eigenvalue weighted by Gasteiger charge is 2.70. The fourth-order valence-electron chi connectivity index (χ4n) is 6.72. The van der Waals surface area contributed by atoms with Crippen molar-refractivity contribution in [1.29, 1.82) is 0 Å². The number of anilines is 1. The van der Waals surface area contributed by atoms with E-state index in [1.807, 2.05) is 57.3 Å². The van der Waals surface area contributed by atoms with E-state index >= 15 is 0 Å². The summed E-state index contributed by atoms with van der Waals surface area (Å²) in [5.74, 6) is 1.98. The Bertz CT molecular complexity index is 956. The Hall–Kier alpha value is -2.44. The van der Waals surface area contributed by atoms with Crippen molar-refractivity contribution in [2.75, 3.05) is 19.5 Å². The standard InChI is InChI=1S/C17H21N3O.C8H11NO.C2H6/c18-16-7-5-10-9-11(20-21)1-2-12(10)13(16)6-8-17-14(16)3-4-15(17)19-17;1-9-7-3-5-8(10-2)6-4-7;1-2/h1-2,9,13-15,19H,3-8,18H2;3-6,9H,1-2H3;1-2H3. The summed E-state index contributed by atoms with van der Waals surface area (Å²) < 4.78 is 4.99. The van der Waals surface area contributed by atoms with Gasteiger partial charge in [-0.25, -0.2) is 0 Å². The van der Waals surface area contributed by atoms with Crippen molar-refractivity contribution < 1.29 is 4.74 Å². The first kappa shape index (κ1) is 23.7. The van der Waals surface area contributed by atoms with Gasteiger partial charge in [0, 0.05) is 35.8 Å². The van der Waals surface area contributed by atoms with E-state index in [2.05, 4.69) is 21.9 Å². The summed E-state index contributed by atoms with van der Waals surface area (Å²) >= 11 is 0. The van der Waals surface area contributed by atoms with Gasteiger partial charge in [-0.15, -0.1) is 4.91 Å². The maximum atomic E-state index is 10.8. The largest absolute Gasteiger partial charge is 0.497 e. The van der Waals surface area contributed by atoms with Gasteiger partial charge in [0.2, 0.25) is 0 Å². The van der Waals surface area contributed by atoms with Gasteiger partial charge in [-0.1, -0.05) is 19.9 Å². The number of piperidine rings is 1. The minimum Gasteiger partial charge on any atom is -0.497 e. The third-order valence-electron chi connectivity index (χ3n) is 8.30. The third kappa shape index (κ3) is 4.04. The fourth-order valence-corrected chi connectivity index (χ4v) is 6.72. The Kier molecular flexibility index (Phi) is 6.78. The van der Waals surface area contributed by atoms with Crippen LogP contribution in [0.25, 0.3) is 0 Å². The van der Waals surface area contributed by atoms with Crippen LogP contribution in [0.4, 0.5) is 11.4 Å². The molecule has 2 aromatic rings. The van der Waals surface area contributed by atoms with Crippen LogP contribution in [0.5, 0.6) is 5.75 Å². The molecular formula is C27H38N4O2. The Labute approximate surface area is 197 Å². The molecule has 0 amide bonds. The summed E-state index contributed by atoms with van der Waals surface area (Å²) in [7, 11) is 3.55. The number of nitrogens with one attached hydrogen (secondary N) is 2. The molecule has 1 spiro atoms. The molecule has 4 N–H and O–H groups in total. The fraction of sp³-hybridized carbons (Fsp3) is 0.556. The van der Waals surface area contributed by atoms with Crippen LogP contribution in [0.1, 0.15) is 63.0 Å². The van der Waals surface area contributed by atoms with Gasteiger partial charge in [0.05, 0.1) is 7.11 Å². The molecule has 5 unspecified atom stereocenters. The van der Waals surface area contributed by atoms with E-state index in [0.717, 1.165) is 30.3 Å². The van der Waals surface area contributed by atoms with Gasteiger partial charge >= 0.3 is 0 Å². The van der Waals surface area contributed by atoms with Crippen LogP contribution in [-0.2, 0) is 6.42 Å². The Morgan fingerprint density at radius 1 is 1.09 bits per heavy atom. The SMILES string of the molecule is CC.CNc1ccc(OC)cc1.NC12CCc3cc(N=O)ccc3C1CCC13NC1CCC23. The zero-order chi connectivity index (χ0) is 23.6. The monoisotopic (exact) mass is 450 g/mol. The normalized spacial score (nSPS) is 32.2. The molecule has 4 aliphatic rings. The molecule has 0 aromatic heterocycles. The molecule has 2 saturated carbocycles. The van der Waals surface area contributed by atoms with E-state index in [9.17, 15) is 4.91 Å². The summed E-state index contributed by atoms with van der Waals surface area (Å²) in [6, 6.07) is 14.5. The second-order valence-corrected chi connectivity index (χ2v) is 9.52. The van der Waals surface area contributed by atoms with Gasteiger partial charge in [0.1, 0.15) is 11.4 Å². The number of fused-ring (bicyclic) bond motifs is 4. The van der Waals surface area contributed by atoms with E-state index in [-0.39, 0.29) is 5.54 Å². The van der Waals surface area contributed by atoms with Gasteiger partial charge in [-0.3, -0.25) is 0 Å². The van der Waals surface area contributed by atoms with Crippen molar-refractivity contribution in [2.45, 2.75) is 75.4 Å². The molecule has 6 rings (SSSR count). The molecular weight excluding hydrogens is 412 g/mol. The summed E-state index contributed by atoms with van der Waals surface area (Å²) in [6.07, 6.45) is 7.07. The zero-order valence-electron chi connectivity index (χ0n) is 20.4. The summed E-state index contributed by atoms with van der Waals surface area (Å²) in [5.41, 5.74) is 11.7. The number of ether oxygens (including phenoxy) is 1. The number of aryl methyl sites for hydroxylation is 1. The molecule has 3 fully saturated rings. The number of hydrogen-bond donors (Lipinski definition) is 3. The van der Waals surface area contributed by atoms with Crippen LogP contribution in [0.15, 0.2) is 47.6 Å². The second kappa shape index (κ2) is 9.43. The minimum atomic E-state index is -0.0559. The summed E-state index contributed by atoms with van der Waals surface area (Å²) in [5, 5.41) is 9.85. The highest BCUT2D eigenvalue weighted by molar-refractivity contribution is 5.49. The molecule has 5 atom stereocenters. The molecule has 2 aromatic carbocycles. The number of nitroso groups, excluding NO2 is 1. The van der Waals surface area contributed by atoms with Crippen molar-refractivity contribution in [3.05, 3.63) is 58.5 Å². The molecule has 33 heavy (non-hydrogen) atoms. The van der Waals surface area contributed by atoms with Crippen LogP contribution < -0.4 is 21.1 Å². The molecule has 178 valence electrons. The maximum Gasteiger partial charge on any atom is 0.119 e. The number of nitrogens with zero attached hydrogens (tertiary/aromatic N) is 1. The topological polar surface area (TPSA) is 98.7 Å². The molecule has 3 aliphatic carbocycles. The van der Waals surface area contributed by atoms with Crippen molar-refractivity contribution in [3.63, 3.8) is 0 Å². The number of rotatable bonds is 3. The Morgan fingerprint density at radius 2 is 1.85 bits per heavy atom. The quantitative estimate of drug-likeness (QED) is 0.424. The Balaban J connectivity index is 0.000000184. The molecule has 0 bridgehead atoms. The van der Waals surface area contributed by atoms with Gasteiger partial charge in [0.25, 0.3) is 0 Å². The third-order valence-corrected chi connectivity index (χ3v) is 8.30. The van der Waals surface area contributed by atoms with E-state index in [1.54, 1.807) is 7.11 Å². The van der Waals surface area contributed by atoms with Gasteiger partial charge in [-0.2, -0.15) is 0 Å². The van der Waals surface area contributed by atoms with Gasteiger partial charge in [-0.05, 0) is 97.1 Å². The predicted molar refractivity (Wildman–Crippen MR) is 135 cm³/mol. The summed E-state index contributed by atoms with van der Waals surface area (Å²) in [6.45, 7) is 4.00. The lowest BCUT2D eigenvalue weighted by atomic mass is 9.55. The smallest absolute Gasteiger partial charge is 0.119 e. The predicted octanol–water partition coefficient (Wildman–Crippen LogP) is 5.49. The van der Waals surface area contributed by atoms with Crippen LogP contribution in [-0.4, -0.2) is 31.3 Å². The van der Waals surface area contributed by atoms with Crippen molar-refractivity contribution in [3.8, 4) is 5.75 Å². The van der Waals surface area contributed by atoms with E-state index < -0.39 is 0 Å². The van der Waals surface area contributed by atoms with Gasteiger partial charge in [0.15, 0.2) is 0 Å². The first-order chi connectivity index (χ1) is 16.0. The number of nitrogens with two attached hydrogens (primary N) is 1. The minimum absolute atomic E-state index is 0.0559. The van der Waals surface area contributed by atoms with Crippen molar-refractivity contribution in [2.24, 2.45) is 16.8 Å². The number of hydrogen-bond acceptors (Lipinski definition) is 6. The van der Waals surface area contributed by atoms with E-state index in [4.69, 9.17) is 10.5 Å². The number of methoxy groups -OCH3 is 1. The lowest BCUT2D eigenvalue weighted by Gasteiger charge is -2.53. The highest BCUT2D eigenvalue weighted by atomic mass is 16.5. The van der Waals surface area contributed by atoms with E-state index in [1.165, 1.54) is 36.8 Å². The highest BCUT2D eigenvalue weighted by Crippen LogP contribution is 2.62. The average Bonchev–Trinajstić information content (AvgIpc) is 3.44. The second-order valence-electron chi connectivity index (χ2n) is 9.52. The molecule has 6 nitrogen and oxygen atoms in total. The molecule has 1 heterocycles. The van der Waals surface area contributed by atoms with Crippen molar-refractivity contribution >= 4 is 11.4 Å². The number of benzene rings is 2. The zero-order valence-corrected chi connectivity index (χ0v) is 20.4. The first-order valence-corrected chi connectivity index (χ1v) is 12.4. The van der Waals surface area contributed by atoms with Crippen LogP contribution in [0.3, 0.4) is 0 Å². The molecule has 6 heteroatoms. The van der Waals surface area contributed by atoms with Crippen LogP contribution >= 0.6 is 0 Å². The van der Waals surface area contributed by atoms with Crippen molar-refractivity contribution in [1.82, 2.24) is 5.32 Å². The maximum absolute atomic E-state index is 10.8. The van der Waals surface area contributed by atoms with Gasteiger partial charge < -0.3 is 21.1 Å². The van der Waals surface area contributed by atoms with E-state index in [0.29, 0.717) is 23.1 Å². The Morgan fingerprint density at radius 3 is 2.48 bits per heavy atom. The lowest BCUT2D eigenvalue weighted by molar-refractivity contribution is 0.107.